The average molecular weight is 517 g/mol. The van der Waals surface area contributed by atoms with Crippen LogP contribution in [0.1, 0.15) is 38.5 Å². The average Bonchev–Trinajstić information content (AvgIpc) is 2.89. The summed E-state index contributed by atoms with van der Waals surface area (Å²) in [4.78, 5) is 20.2. The summed E-state index contributed by atoms with van der Waals surface area (Å²) in [5.74, 6) is -0.264. The molecule has 8 nitrogen and oxygen atoms in total. The number of benzene rings is 2. The fourth-order valence-corrected chi connectivity index (χ4v) is 4.43. The van der Waals surface area contributed by atoms with E-state index in [1.165, 1.54) is 43.6 Å². The topological polar surface area (TPSA) is 110 Å². The van der Waals surface area contributed by atoms with E-state index < -0.39 is 47.1 Å². The Bertz CT molecular complexity index is 1880. The summed E-state index contributed by atoms with van der Waals surface area (Å²) in [6, 6.07) is 11.5. The van der Waals surface area contributed by atoms with Crippen molar-refractivity contribution in [1.29, 1.82) is 0 Å². The lowest BCUT2D eigenvalue weighted by Gasteiger charge is -2.25. The molecule has 4 rings (SSSR count). The van der Waals surface area contributed by atoms with Gasteiger partial charge < -0.3 is 9.47 Å². The van der Waals surface area contributed by atoms with E-state index in [1.807, 2.05) is 0 Å². The lowest BCUT2D eigenvalue weighted by Crippen LogP contribution is -2.15. The van der Waals surface area contributed by atoms with Gasteiger partial charge in [0, 0.05) is 51.9 Å². The number of fused-ring (bicyclic) bond motifs is 1. The van der Waals surface area contributed by atoms with Crippen molar-refractivity contribution >= 4 is 26.6 Å². The highest BCUT2D eigenvalue weighted by Gasteiger charge is 2.25. The summed E-state index contributed by atoms with van der Waals surface area (Å²) in [6.45, 7) is -10.9. The molecule has 0 aliphatic rings. The molecule has 36 heavy (non-hydrogen) atoms. The van der Waals surface area contributed by atoms with Crippen molar-refractivity contribution < 1.29 is 30.2 Å². The van der Waals surface area contributed by atoms with Gasteiger partial charge in [-0.1, -0.05) is 32.7 Å². The number of aromatic nitrogens is 2. The fraction of sp³-hybridized carbons (Fsp3) is 0.259. The third kappa shape index (κ3) is 5.06. The number of aromatic amines is 1. The van der Waals surface area contributed by atoms with Gasteiger partial charge in [-0.3, -0.25) is 19.5 Å². The predicted octanol–water partition coefficient (Wildman–Crippen LogP) is 4.94. The van der Waals surface area contributed by atoms with Gasteiger partial charge in [0.15, 0.2) is 5.88 Å². The number of hydrogen-bond acceptors (Lipinski definition) is 6. The Kier molecular flexibility index (Phi) is 4.14. The van der Waals surface area contributed by atoms with E-state index in [0.717, 1.165) is 19.4 Å². The van der Waals surface area contributed by atoms with Crippen LogP contribution in [0.5, 0.6) is 11.6 Å². The Balaban J connectivity index is 2.18. The first-order chi connectivity index (χ1) is 20.7. The Morgan fingerprint density at radius 3 is 2.28 bits per heavy atom. The van der Waals surface area contributed by atoms with Crippen LogP contribution in [0.3, 0.4) is 0 Å². The van der Waals surface area contributed by atoms with Gasteiger partial charge in [0.25, 0.3) is 5.56 Å². The van der Waals surface area contributed by atoms with Gasteiger partial charge in [-0.25, -0.2) is 8.42 Å². The number of hydrogen-bond donors (Lipinski definition) is 2. The van der Waals surface area contributed by atoms with Crippen molar-refractivity contribution in [3.8, 4) is 33.9 Å². The molecule has 0 fully saturated rings. The number of nitrogens with zero attached hydrogens (tertiary/aromatic N) is 1. The predicted molar refractivity (Wildman–Crippen MR) is 144 cm³/mol. The zero-order chi connectivity index (χ0) is 33.8. The number of methoxy groups -OCH3 is 2. The molecule has 0 unspecified atom stereocenters. The minimum absolute atomic E-state index is 0.0261. The van der Waals surface area contributed by atoms with E-state index >= 15 is 0 Å². The molecule has 188 valence electrons. The molecule has 2 N–H and O–H groups in total. The van der Waals surface area contributed by atoms with E-state index in [9.17, 15) is 13.2 Å². The molecule has 0 spiro atoms. The van der Waals surface area contributed by atoms with Crippen LogP contribution in [-0.2, 0) is 15.4 Å². The van der Waals surface area contributed by atoms with Gasteiger partial charge >= 0.3 is 0 Å². The molecular weight excluding hydrogens is 478 g/mol. The number of nitrogens with one attached hydrogen (secondary N) is 2. The number of pyridine rings is 2. The van der Waals surface area contributed by atoms with E-state index in [2.05, 4.69) is 14.7 Å². The molecule has 0 atom stereocenters. The Morgan fingerprint density at radius 1 is 0.972 bits per heavy atom. The first-order valence-electron chi connectivity index (χ1n) is 15.0. The third-order valence-electron chi connectivity index (χ3n) is 5.44. The summed E-state index contributed by atoms with van der Waals surface area (Å²) >= 11 is 0. The summed E-state index contributed by atoms with van der Waals surface area (Å²) in [5.41, 5.74) is -3.68. The summed E-state index contributed by atoms with van der Waals surface area (Å²) < 4.78 is 111. The molecule has 2 aromatic carbocycles. The molecule has 0 saturated carbocycles. The van der Waals surface area contributed by atoms with Gasteiger partial charge in [0.2, 0.25) is 10.0 Å². The van der Waals surface area contributed by atoms with Gasteiger partial charge in [-0.2, -0.15) is 0 Å². The van der Waals surface area contributed by atoms with Crippen LogP contribution in [0.4, 0.5) is 5.69 Å². The number of sulfonamides is 1. The van der Waals surface area contributed by atoms with Gasteiger partial charge in [0.1, 0.15) is 5.75 Å². The van der Waals surface area contributed by atoms with E-state index in [1.54, 1.807) is 12.1 Å². The fourth-order valence-electron chi connectivity index (χ4n) is 3.87. The minimum atomic E-state index is -3.62. The van der Waals surface area contributed by atoms with Crippen LogP contribution < -0.4 is 19.8 Å². The Labute approximate surface area is 223 Å². The van der Waals surface area contributed by atoms with Crippen molar-refractivity contribution in [2.24, 2.45) is 0 Å². The van der Waals surface area contributed by atoms with Crippen molar-refractivity contribution in [2.75, 3.05) is 25.2 Å². The monoisotopic (exact) mass is 516 g/mol. The van der Waals surface area contributed by atoms with Crippen LogP contribution in [0.2, 0.25) is 0 Å². The SMILES string of the molecule is [2H]C([2H])([2H])C(c1cc(-c2ccc(OC)[nH]c2=O)c2ncc(-c3ccc(NS(C)(=O)=O)cc3)cc2c1OC)(C([2H])([2H])[2H])C([2H])([2H])[2H]. The zero-order valence-corrected chi connectivity index (χ0v) is 20.4. The highest BCUT2D eigenvalue weighted by molar-refractivity contribution is 7.92. The highest BCUT2D eigenvalue weighted by Crippen LogP contribution is 2.42. The second-order valence-corrected chi connectivity index (χ2v) is 9.84. The standard InChI is InChI=1S/C27H29N3O5S/c1-27(2,3)22-14-20(19-11-12-23(34-4)29-26(19)31)24-21(25(22)35-5)13-17(15-28-24)16-7-9-18(10-8-16)30-36(6,32)33/h7-15,30H,1-6H3,(H,29,31)/i1D3,2D3,3D3. The zero-order valence-electron chi connectivity index (χ0n) is 28.6. The van der Waals surface area contributed by atoms with Crippen molar-refractivity contribution in [2.45, 2.75) is 26.0 Å². The van der Waals surface area contributed by atoms with Crippen LogP contribution >= 0.6 is 0 Å². The lowest BCUT2D eigenvalue weighted by molar-refractivity contribution is 0.397. The van der Waals surface area contributed by atoms with Crippen molar-refractivity contribution in [3.05, 3.63) is 70.6 Å². The lowest BCUT2D eigenvalue weighted by atomic mass is 9.83. The molecule has 0 amide bonds. The molecule has 0 aliphatic carbocycles. The second-order valence-electron chi connectivity index (χ2n) is 8.10. The van der Waals surface area contributed by atoms with Crippen molar-refractivity contribution in [1.82, 2.24) is 9.97 Å². The largest absolute Gasteiger partial charge is 0.496 e. The first kappa shape index (κ1) is 16.0. The van der Waals surface area contributed by atoms with Crippen LogP contribution in [-0.4, -0.2) is 38.9 Å². The van der Waals surface area contributed by atoms with Crippen LogP contribution in [0, 0.1) is 0 Å². The Morgan fingerprint density at radius 2 is 1.69 bits per heavy atom. The minimum Gasteiger partial charge on any atom is -0.496 e. The number of anilines is 1. The molecule has 2 aromatic heterocycles. The molecule has 0 saturated heterocycles. The van der Waals surface area contributed by atoms with Gasteiger partial charge in [-0.05, 0) is 47.4 Å². The molecule has 0 aliphatic heterocycles. The molecule has 0 radical (unpaired) electrons. The maximum Gasteiger partial charge on any atom is 0.258 e. The quantitative estimate of drug-likeness (QED) is 0.375. The highest BCUT2D eigenvalue weighted by atomic mass is 32.2. The summed E-state index contributed by atoms with van der Waals surface area (Å²) in [6.07, 6.45) is 2.44. The normalized spacial score (nSPS) is 16.7. The maximum atomic E-state index is 13.2. The molecule has 4 aromatic rings. The number of rotatable bonds is 6. The smallest absolute Gasteiger partial charge is 0.258 e. The Hall–Kier alpha value is -3.85. The van der Waals surface area contributed by atoms with E-state index in [4.69, 9.17) is 21.8 Å². The number of H-pyrrole nitrogens is 1. The first-order valence-corrected chi connectivity index (χ1v) is 12.4. The molecule has 2 heterocycles. The second kappa shape index (κ2) is 9.31. The molecule has 9 heteroatoms. The van der Waals surface area contributed by atoms with E-state index in [-0.39, 0.29) is 39.3 Å². The number of ether oxygens (including phenoxy) is 2. The van der Waals surface area contributed by atoms with E-state index in [0.29, 0.717) is 11.1 Å². The summed E-state index contributed by atoms with van der Waals surface area (Å²) in [7, 11) is -1.07. The molecule has 0 bridgehead atoms. The van der Waals surface area contributed by atoms with Gasteiger partial charge in [0.05, 0.1) is 26.0 Å². The third-order valence-corrected chi connectivity index (χ3v) is 6.05. The van der Waals surface area contributed by atoms with Crippen LogP contribution in [0.25, 0.3) is 33.2 Å². The van der Waals surface area contributed by atoms with Crippen molar-refractivity contribution in [3.63, 3.8) is 0 Å². The molecular formula is C27H29N3O5S. The summed E-state index contributed by atoms with van der Waals surface area (Å²) in [5, 5.41) is 0.0261. The maximum absolute atomic E-state index is 13.2. The van der Waals surface area contributed by atoms with Gasteiger partial charge in [-0.15, -0.1) is 0 Å². The van der Waals surface area contributed by atoms with Crippen LogP contribution in [0.15, 0.2) is 59.5 Å².